The first kappa shape index (κ1) is 17.7. The lowest BCUT2D eigenvalue weighted by molar-refractivity contribution is -0.150. The molecule has 2 aromatic carbocycles. The molecule has 3 nitrogen and oxygen atoms in total. The first-order valence-electron chi connectivity index (χ1n) is 9.20. The predicted octanol–water partition coefficient (Wildman–Crippen LogP) is 4.07. The summed E-state index contributed by atoms with van der Waals surface area (Å²) in [5.74, 6) is 0.349. The van der Waals surface area contributed by atoms with E-state index in [2.05, 4.69) is 41.3 Å². The molecule has 1 aliphatic rings. The Morgan fingerprint density at radius 3 is 2.40 bits per heavy atom. The van der Waals surface area contributed by atoms with Gasteiger partial charge in [-0.3, -0.25) is 9.69 Å². The first-order valence-corrected chi connectivity index (χ1v) is 9.20. The van der Waals surface area contributed by atoms with Gasteiger partial charge in [0, 0.05) is 25.4 Å². The van der Waals surface area contributed by atoms with E-state index in [1.165, 1.54) is 11.1 Å². The summed E-state index contributed by atoms with van der Waals surface area (Å²) in [7, 11) is 0. The van der Waals surface area contributed by atoms with Gasteiger partial charge in [0.05, 0.1) is 0 Å². The van der Waals surface area contributed by atoms with Gasteiger partial charge < -0.3 is 4.74 Å². The van der Waals surface area contributed by atoms with Crippen LogP contribution in [0.1, 0.15) is 30.9 Å². The lowest BCUT2D eigenvalue weighted by Crippen LogP contribution is -2.27. The number of nitrogens with zero attached hydrogens (tertiary/aromatic N) is 1. The van der Waals surface area contributed by atoms with Gasteiger partial charge in [-0.15, -0.1) is 0 Å². The second-order valence-corrected chi connectivity index (χ2v) is 6.95. The molecule has 0 aromatic heterocycles. The smallest absolute Gasteiger partial charge is 0.306 e. The van der Waals surface area contributed by atoms with Crippen LogP contribution in [-0.4, -0.2) is 30.1 Å². The van der Waals surface area contributed by atoms with Gasteiger partial charge in [-0.25, -0.2) is 0 Å². The largest absolute Gasteiger partial charge is 0.462 e. The molecule has 1 aliphatic heterocycles. The third kappa shape index (κ3) is 5.43. The van der Waals surface area contributed by atoms with Crippen LogP contribution in [-0.2, 0) is 22.5 Å². The molecule has 0 radical (unpaired) electrons. The van der Waals surface area contributed by atoms with E-state index < -0.39 is 0 Å². The number of hydrogen-bond donors (Lipinski definition) is 0. The molecule has 3 rings (SSSR count). The quantitative estimate of drug-likeness (QED) is 0.713. The maximum absolute atomic E-state index is 12.1. The number of aryl methyl sites for hydroxylation is 1. The van der Waals surface area contributed by atoms with Gasteiger partial charge >= 0.3 is 5.97 Å². The number of ether oxygens (including phenoxy) is 1. The van der Waals surface area contributed by atoms with E-state index in [9.17, 15) is 4.79 Å². The topological polar surface area (TPSA) is 29.5 Å². The highest BCUT2D eigenvalue weighted by atomic mass is 16.5. The summed E-state index contributed by atoms with van der Waals surface area (Å²) in [6, 6.07) is 20.6. The third-order valence-electron chi connectivity index (χ3n) is 5.00. The van der Waals surface area contributed by atoms with Crippen LogP contribution in [0.15, 0.2) is 60.7 Å². The van der Waals surface area contributed by atoms with Gasteiger partial charge in [-0.1, -0.05) is 60.7 Å². The lowest BCUT2D eigenvalue weighted by atomic mass is 10.0. The Morgan fingerprint density at radius 2 is 1.72 bits per heavy atom. The minimum Gasteiger partial charge on any atom is -0.462 e. The van der Waals surface area contributed by atoms with Crippen molar-refractivity contribution in [1.82, 2.24) is 4.90 Å². The van der Waals surface area contributed by atoms with E-state index >= 15 is 0 Å². The van der Waals surface area contributed by atoms with Crippen molar-refractivity contribution in [2.24, 2.45) is 5.92 Å². The second-order valence-electron chi connectivity index (χ2n) is 6.95. The highest BCUT2D eigenvalue weighted by Crippen LogP contribution is 2.23. The maximum atomic E-state index is 12.1. The molecule has 132 valence electrons. The maximum Gasteiger partial charge on any atom is 0.306 e. The van der Waals surface area contributed by atoms with Crippen LogP contribution < -0.4 is 0 Å². The Balaban J connectivity index is 1.41. The average Bonchev–Trinajstić information content (AvgIpc) is 3.10. The molecule has 0 amide bonds. The van der Waals surface area contributed by atoms with E-state index in [4.69, 9.17) is 4.74 Å². The molecule has 0 bridgehead atoms. The molecule has 2 atom stereocenters. The molecule has 25 heavy (non-hydrogen) atoms. The second kappa shape index (κ2) is 8.82. The number of benzene rings is 2. The molecule has 2 unspecified atom stereocenters. The molecule has 2 aromatic rings. The third-order valence-corrected chi connectivity index (χ3v) is 5.00. The normalized spacial score (nSPS) is 18.8. The summed E-state index contributed by atoms with van der Waals surface area (Å²) in [4.78, 5) is 14.6. The number of rotatable bonds is 7. The summed E-state index contributed by atoms with van der Waals surface area (Å²) >= 11 is 0. The Labute approximate surface area is 150 Å². The summed E-state index contributed by atoms with van der Waals surface area (Å²) in [5, 5.41) is 0. The zero-order valence-electron chi connectivity index (χ0n) is 14.9. The average molecular weight is 337 g/mol. The van der Waals surface area contributed by atoms with E-state index in [-0.39, 0.29) is 12.1 Å². The van der Waals surface area contributed by atoms with Crippen molar-refractivity contribution >= 4 is 5.97 Å². The van der Waals surface area contributed by atoms with Crippen molar-refractivity contribution in [2.45, 2.75) is 38.8 Å². The van der Waals surface area contributed by atoms with Crippen molar-refractivity contribution in [3.8, 4) is 0 Å². The Bertz CT molecular complexity index is 656. The number of hydrogen-bond acceptors (Lipinski definition) is 3. The highest BCUT2D eigenvalue weighted by Gasteiger charge is 2.29. The minimum atomic E-state index is -0.0853. The molecule has 1 heterocycles. The molecule has 3 heteroatoms. The summed E-state index contributed by atoms with van der Waals surface area (Å²) < 4.78 is 5.69. The fraction of sp³-hybridized carbons (Fsp3) is 0.409. The highest BCUT2D eigenvalue weighted by molar-refractivity contribution is 5.69. The van der Waals surface area contributed by atoms with Gasteiger partial charge in [0.2, 0.25) is 0 Å². The summed E-state index contributed by atoms with van der Waals surface area (Å²) in [6.07, 6.45) is 2.29. The van der Waals surface area contributed by atoms with Crippen LogP contribution in [0.3, 0.4) is 0 Å². The van der Waals surface area contributed by atoms with Gasteiger partial charge in [0.1, 0.15) is 6.10 Å². The molecule has 0 spiro atoms. The van der Waals surface area contributed by atoms with E-state index in [0.717, 1.165) is 32.5 Å². The van der Waals surface area contributed by atoms with Crippen LogP contribution >= 0.6 is 0 Å². The van der Waals surface area contributed by atoms with Gasteiger partial charge in [0.25, 0.3) is 0 Å². The predicted molar refractivity (Wildman–Crippen MR) is 100 cm³/mol. The Kier molecular flexibility index (Phi) is 6.24. The molecule has 0 N–H and O–H groups in total. The number of carbonyl (C=O) groups is 1. The molecular weight excluding hydrogens is 310 g/mol. The van der Waals surface area contributed by atoms with Crippen LogP contribution in [0.25, 0.3) is 0 Å². The van der Waals surface area contributed by atoms with E-state index in [1.807, 2.05) is 31.2 Å². The number of esters is 1. The zero-order chi connectivity index (χ0) is 17.5. The number of carbonyl (C=O) groups excluding carboxylic acids is 1. The van der Waals surface area contributed by atoms with Crippen LogP contribution in [0.4, 0.5) is 0 Å². The zero-order valence-corrected chi connectivity index (χ0v) is 14.9. The van der Waals surface area contributed by atoms with Gasteiger partial charge in [0.15, 0.2) is 0 Å². The summed E-state index contributed by atoms with van der Waals surface area (Å²) in [5.41, 5.74) is 2.53. The fourth-order valence-electron chi connectivity index (χ4n) is 3.48. The van der Waals surface area contributed by atoms with Crippen molar-refractivity contribution < 1.29 is 9.53 Å². The van der Waals surface area contributed by atoms with E-state index in [0.29, 0.717) is 12.3 Å². The van der Waals surface area contributed by atoms with Crippen molar-refractivity contribution in [2.75, 3.05) is 13.1 Å². The molecular formula is C22H27NO2. The van der Waals surface area contributed by atoms with E-state index in [1.54, 1.807) is 0 Å². The monoisotopic (exact) mass is 337 g/mol. The standard InChI is InChI=1S/C22H27NO2/c1-18(25-22(24)13-12-19-8-4-2-5-9-19)21-14-15-23(17-21)16-20-10-6-3-7-11-20/h2-11,18,21H,12-17H2,1H3. The summed E-state index contributed by atoms with van der Waals surface area (Å²) in [6.45, 7) is 5.09. The first-order chi connectivity index (χ1) is 12.2. The van der Waals surface area contributed by atoms with Crippen LogP contribution in [0.2, 0.25) is 0 Å². The molecule has 1 saturated heterocycles. The van der Waals surface area contributed by atoms with Gasteiger partial charge in [-0.05, 0) is 37.4 Å². The number of likely N-dealkylation sites (tertiary alicyclic amines) is 1. The Hall–Kier alpha value is -2.13. The molecule has 1 fully saturated rings. The van der Waals surface area contributed by atoms with Gasteiger partial charge in [-0.2, -0.15) is 0 Å². The molecule has 0 aliphatic carbocycles. The lowest BCUT2D eigenvalue weighted by Gasteiger charge is -2.21. The minimum absolute atomic E-state index is 0.0101. The fourth-order valence-corrected chi connectivity index (χ4v) is 3.48. The molecule has 0 saturated carbocycles. The SMILES string of the molecule is CC(OC(=O)CCc1ccccc1)C1CCN(Cc2ccccc2)C1. The van der Waals surface area contributed by atoms with Crippen molar-refractivity contribution in [3.05, 3.63) is 71.8 Å². The van der Waals surface area contributed by atoms with Crippen molar-refractivity contribution in [3.63, 3.8) is 0 Å². The van der Waals surface area contributed by atoms with Crippen LogP contribution in [0, 0.1) is 5.92 Å². The Morgan fingerprint density at radius 1 is 1.08 bits per heavy atom. The van der Waals surface area contributed by atoms with Crippen molar-refractivity contribution in [1.29, 1.82) is 0 Å². The van der Waals surface area contributed by atoms with Crippen LogP contribution in [0.5, 0.6) is 0 Å².